The van der Waals surface area contributed by atoms with Crippen molar-refractivity contribution in [3.8, 4) is 11.5 Å². The highest BCUT2D eigenvalue weighted by molar-refractivity contribution is 7.92. The molecule has 0 spiro atoms. The van der Waals surface area contributed by atoms with Crippen LogP contribution < -0.4 is 24.4 Å². The van der Waals surface area contributed by atoms with Crippen LogP contribution in [0.15, 0.2) is 108 Å². The average Bonchev–Trinajstić information content (AvgIpc) is 3.00. The number of ether oxygens (including phenoxy) is 2. The molecule has 4 aromatic rings. The van der Waals surface area contributed by atoms with E-state index in [-0.39, 0.29) is 39.5 Å². The average molecular weight is 574 g/mol. The van der Waals surface area contributed by atoms with E-state index in [9.17, 15) is 18.0 Å². The van der Waals surface area contributed by atoms with E-state index in [1.807, 2.05) is 37.3 Å². The van der Waals surface area contributed by atoms with Gasteiger partial charge in [-0.05, 0) is 48.9 Å². The molecular weight excluding hydrogens is 542 g/mol. The molecule has 0 saturated carbocycles. The third-order valence-corrected chi connectivity index (χ3v) is 8.14. The Morgan fingerprint density at radius 3 is 2.12 bits per heavy atom. The third-order valence-electron chi connectivity index (χ3n) is 6.37. The van der Waals surface area contributed by atoms with Crippen LogP contribution in [-0.4, -0.2) is 41.0 Å². The number of hydrogen-bond acceptors (Lipinski definition) is 6. The second-order valence-corrected chi connectivity index (χ2v) is 10.9. The molecule has 10 heteroatoms. The molecule has 0 aliphatic rings. The van der Waals surface area contributed by atoms with Gasteiger partial charge in [-0.1, -0.05) is 60.7 Å². The van der Waals surface area contributed by atoms with E-state index in [4.69, 9.17) is 9.47 Å². The minimum atomic E-state index is -4.21. The van der Waals surface area contributed by atoms with Gasteiger partial charge in [0.15, 0.2) is 0 Å². The van der Waals surface area contributed by atoms with Gasteiger partial charge in [0.05, 0.1) is 42.1 Å². The Bertz CT molecular complexity index is 1610. The number of anilines is 2. The van der Waals surface area contributed by atoms with Crippen LogP contribution in [-0.2, 0) is 14.8 Å². The summed E-state index contributed by atoms with van der Waals surface area (Å²) < 4.78 is 39.3. The first-order valence-corrected chi connectivity index (χ1v) is 14.2. The number of para-hydroxylation sites is 1. The number of amides is 2. The Morgan fingerprint density at radius 1 is 0.829 bits per heavy atom. The van der Waals surface area contributed by atoms with Gasteiger partial charge in [-0.3, -0.25) is 13.9 Å². The normalized spacial score (nSPS) is 11.7. The van der Waals surface area contributed by atoms with Crippen LogP contribution in [0.3, 0.4) is 0 Å². The van der Waals surface area contributed by atoms with Crippen LogP contribution in [0.25, 0.3) is 0 Å². The number of carbonyl (C=O) groups is 2. The summed E-state index contributed by atoms with van der Waals surface area (Å²) in [5.41, 5.74) is 1.52. The van der Waals surface area contributed by atoms with Crippen molar-refractivity contribution >= 4 is 33.2 Å². The Kier molecular flexibility index (Phi) is 9.26. The number of methoxy groups -OCH3 is 2. The number of nitrogens with zero attached hydrogens (tertiary/aromatic N) is 1. The lowest BCUT2D eigenvalue weighted by molar-refractivity contribution is -0.114. The Balaban J connectivity index is 1.64. The van der Waals surface area contributed by atoms with Crippen LogP contribution in [0.4, 0.5) is 11.4 Å². The van der Waals surface area contributed by atoms with E-state index in [0.717, 1.165) is 9.87 Å². The summed E-state index contributed by atoms with van der Waals surface area (Å²) >= 11 is 0. The number of nitrogens with one attached hydrogen (secondary N) is 2. The predicted molar refractivity (Wildman–Crippen MR) is 158 cm³/mol. The molecule has 0 saturated heterocycles. The monoisotopic (exact) mass is 573 g/mol. The van der Waals surface area contributed by atoms with Crippen molar-refractivity contribution in [1.82, 2.24) is 5.32 Å². The summed E-state index contributed by atoms with van der Waals surface area (Å²) in [6.45, 7) is 1.26. The summed E-state index contributed by atoms with van der Waals surface area (Å²) in [7, 11) is -1.35. The molecule has 2 N–H and O–H groups in total. The van der Waals surface area contributed by atoms with Gasteiger partial charge in [0.25, 0.3) is 15.9 Å². The summed E-state index contributed by atoms with van der Waals surface area (Å²) in [6, 6.07) is 28.2. The van der Waals surface area contributed by atoms with Crippen molar-refractivity contribution in [3.63, 3.8) is 0 Å². The second kappa shape index (κ2) is 13.0. The smallest absolute Gasteiger partial charge is 0.264 e. The molecule has 4 rings (SSSR count). The number of rotatable bonds is 11. The summed E-state index contributed by atoms with van der Waals surface area (Å²) in [5.74, 6) is -0.442. The molecule has 2 amide bonds. The van der Waals surface area contributed by atoms with E-state index in [1.54, 1.807) is 54.6 Å². The summed E-state index contributed by atoms with van der Waals surface area (Å²) in [4.78, 5) is 26.6. The highest BCUT2D eigenvalue weighted by Gasteiger charge is 2.30. The summed E-state index contributed by atoms with van der Waals surface area (Å²) in [6.07, 6.45) is 0. The van der Waals surface area contributed by atoms with Gasteiger partial charge >= 0.3 is 0 Å². The molecule has 41 heavy (non-hydrogen) atoms. The van der Waals surface area contributed by atoms with Gasteiger partial charge in [0.2, 0.25) is 5.91 Å². The number of carbonyl (C=O) groups excluding carboxylic acids is 2. The van der Waals surface area contributed by atoms with Gasteiger partial charge in [-0.15, -0.1) is 0 Å². The third kappa shape index (κ3) is 6.85. The van der Waals surface area contributed by atoms with E-state index in [0.29, 0.717) is 5.75 Å². The molecule has 212 valence electrons. The molecule has 0 unspecified atom stereocenters. The first kappa shape index (κ1) is 29.2. The Labute approximate surface area is 239 Å². The van der Waals surface area contributed by atoms with Crippen LogP contribution in [0.5, 0.6) is 11.5 Å². The van der Waals surface area contributed by atoms with E-state index < -0.39 is 22.5 Å². The Morgan fingerprint density at radius 2 is 1.46 bits per heavy atom. The minimum absolute atomic E-state index is 0.00708. The summed E-state index contributed by atoms with van der Waals surface area (Å²) in [5, 5.41) is 5.66. The quantitative estimate of drug-likeness (QED) is 0.260. The lowest BCUT2D eigenvalue weighted by atomic mass is 10.1. The van der Waals surface area contributed by atoms with Crippen molar-refractivity contribution in [1.29, 1.82) is 0 Å². The topological polar surface area (TPSA) is 114 Å². The number of hydrogen-bond donors (Lipinski definition) is 2. The highest BCUT2D eigenvalue weighted by Crippen LogP contribution is 2.35. The predicted octanol–water partition coefficient (Wildman–Crippen LogP) is 5.03. The largest absolute Gasteiger partial charge is 0.497 e. The van der Waals surface area contributed by atoms with Crippen LogP contribution in [0.1, 0.15) is 28.9 Å². The highest BCUT2D eigenvalue weighted by atomic mass is 32.2. The lowest BCUT2D eigenvalue weighted by Gasteiger charge is -2.26. The molecule has 4 aromatic carbocycles. The van der Waals surface area contributed by atoms with Gasteiger partial charge in [-0.25, -0.2) is 8.42 Å². The van der Waals surface area contributed by atoms with Crippen molar-refractivity contribution in [2.45, 2.75) is 17.9 Å². The fourth-order valence-corrected chi connectivity index (χ4v) is 5.67. The molecule has 9 nitrogen and oxygen atoms in total. The van der Waals surface area contributed by atoms with E-state index in [2.05, 4.69) is 10.6 Å². The SMILES string of the molecule is COc1ccc(OC)c(N(CC(=O)Nc2ccccc2C(=O)N[C@H](C)c2ccccc2)S(=O)(=O)c2ccccc2)c1. The van der Waals surface area contributed by atoms with Gasteiger partial charge in [0, 0.05) is 6.07 Å². The van der Waals surface area contributed by atoms with Gasteiger partial charge < -0.3 is 20.1 Å². The van der Waals surface area contributed by atoms with Crippen LogP contribution in [0, 0.1) is 0 Å². The molecule has 0 bridgehead atoms. The first-order chi connectivity index (χ1) is 19.7. The van der Waals surface area contributed by atoms with Crippen molar-refractivity contribution in [2.75, 3.05) is 30.4 Å². The maximum atomic E-state index is 13.8. The first-order valence-electron chi connectivity index (χ1n) is 12.8. The Hall–Kier alpha value is -4.83. The van der Waals surface area contributed by atoms with Crippen LogP contribution >= 0.6 is 0 Å². The van der Waals surface area contributed by atoms with Crippen molar-refractivity contribution in [3.05, 3.63) is 114 Å². The molecular formula is C31H31N3O6S. The number of benzene rings is 4. The zero-order valence-electron chi connectivity index (χ0n) is 22.9. The zero-order chi connectivity index (χ0) is 29.4. The molecule has 0 aliphatic carbocycles. The second-order valence-electron chi connectivity index (χ2n) is 9.06. The van der Waals surface area contributed by atoms with Crippen molar-refractivity contribution in [2.24, 2.45) is 0 Å². The maximum Gasteiger partial charge on any atom is 0.264 e. The van der Waals surface area contributed by atoms with Crippen LogP contribution in [0.2, 0.25) is 0 Å². The molecule has 0 fully saturated rings. The fourth-order valence-electron chi connectivity index (χ4n) is 4.22. The standard InChI is InChI=1S/C31H31N3O6S/c1-22(23-12-6-4-7-13-23)32-31(36)26-16-10-11-17-27(26)33-30(35)21-34(41(37,38)25-14-8-5-9-15-25)28-20-24(39-2)18-19-29(28)40-3/h4-20,22H,21H2,1-3H3,(H,32,36)(H,33,35)/t22-/m1/s1. The van der Waals surface area contributed by atoms with Gasteiger partial charge in [-0.2, -0.15) is 0 Å². The maximum absolute atomic E-state index is 13.8. The number of sulfonamides is 1. The van der Waals surface area contributed by atoms with E-state index in [1.165, 1.54) is 32.4 Å². The van der Waals surface area contributed by atoms with Gasteiger partial charge in [0.1, 0.15) is 18.0 Å². The molecule has 1 atom stereocenters. The molecule has 0 heterocycles. The molecule has 0 aromatic heterocycles. The lowest BCUT2D eigenvalue weighted by Crippen LogP contribution is -2.38. The molecule has 0 aliphatic heterocycles. The zero-order valence-corrected chi connectivity index (χ0v) is 23.7. The minimum Gasteiger partial charge on any atom is -0.497 e. The molecule has 0 radical (unpaired) electrons. The fraction of sp³-hybridized carbons (Fsp3) is 0.161. The van der Waals surface area contributed by atoms with E-state index >= 15 is 0 Å². The van der Waals surface area contributed by atoms with Crippen molar-refractivity contribution < 1.29 is 27.5 Å².